The van der Waals surface area contributed by atoms with E-state index < -0.39 is 48.4 Å². The van der Waals surface area contributed by atoms with E-state index >= 15 is 0 Å². The normalized spacial score (nSPS) is 25.6. The third-order valence-electron chi connectivity index (χ3n) is 11.0. The number of alkyl halides is 3. The summed E-state index contributed by atoms with van der Waals surface area (Å²) in [6.07, 6.45) is 13.6. The fourth-order valence-electron chi connectivity index (χ4n) is 7.66. The fraction of sp³-hybridized carbons (Fsp3) is 0.542. The molecule has 2 aliphatic carbocycles. The van der Waals surface area contributed by atoms with Crippen LogP contribution in [0.4, 0.5) is 13.2 Å². The number of carbonyl (C=O) groups excluding carboxylic acids is 2. The Hall–Kier alpha value is -3.91. The minimum absolute atomic E-state index is 0.00335. The number of Topliss-reactive ketones (excluding diaryl/α,β-unsaturated/α-hetero) is 2. The van der Waals surface area contributed by atoms with Crippen molar-refractivity contribution in [1.82, 2.24) is 0 Å². The summed E-state index contributed by atoms with van der Waals surface area (Å²) in [6.45, 7) is 2.91. The number of ether oxygens (including phenoxy) is 1. The minimum atomic E-state index is -4.48. The van der Waals surface area contributed by atoms with Crippen molar-refractivity contribution >= 4 is 11.6 Å². The Morgan fingerprint density at radius 3 is 1.73 bits per heavy atom. The van der Waals surface area contributed by atoms with Crippen molar-refractivity contribution in [3.05, 3.63) is 114 Å². The van der Waals surface area contributed by atoms with Crippen molar-refractivity contribution in [3.63, 3.8) is 0 Å². The fourth-order valence-corrected chi connectivity index (χ4v) is 7.66. The number of unbranched alkanes of at least 4 members (excludes halogenated alkanes) is 2. The molecule has 0 unspecified atom stereocenters. The van der Waals surface area contributed by atoms with Crippen molar-refractivity contribution in [2.45, 2.75) is 134 Å². The van der Waals surface area contributed by atoms with E-state index in [9.17, 15) is 53.4 Å². The Bertz CT molecular complexity index is 1670. The highest BCUT2D eigenvalue weighted by atomic mass is 19.4. The van der Waals surface area contributed by atoms with Crippen LogP contribution < -0.4 is 4.74 Å². The summed E-state index contributed by atoms with van der Waals surface area (Å²) in [7, 11) is 0. The molecule has 0 spiro atoms. The Labute approximate surface area is 353 Å². The zero-order chi connectivity index (χ0) is 44.1. The van der Waals surface area contributed by atoms with Gasteiger partial charge in [0.1, 0.15) is 30.0 Å². The summed E-state index contributed by atoms with van der Waals surface area (Å²) in [6, 6.07) is 14.5. The van der Waals surface area contributed by atoms with Crippen LogP contribution in [0, 0.1) is 23.7 Å². The maximum absolute atomic E-state index is 12.8. The van der Waals surface area contributed by atoms with E-state index in [1.807, 2.05) is 54.6 Å². The Balaban J connectivity index is 0.000000323. The smallest absolute Gasteiger partial charge is 0.416 e. The summed E-state index contributed by atoms with van der Waals surface area (Å²) in [4.78, 5) is 21.9. The number of aryl methyl sites for hydroxylation is 1. The van der Waals surface area contributed by atoms with Crippen LogP contribution in [0.25, 0.3) is 0 Å². The molecule has 0 aliphatic heterocycles. The van der Waals surface area contributed by atoms with Gasteiger partial charge in [-0.2, -0.15) is 13.2 Å². The lowest BCUT2D eigenvalue weighted by Crippen LogP contribution is -2.21. The van der Waals surface area contributed by atoms with Crippen molar-refractivity contribution in [2.24, 2.45) is 23.7 Å². The lowest BCUT2D eigenvalue weighted by molar-refractivity contribution is -0.137. The molecule has 2 aliphatic rings. The van der Waals surface area contributed by atoms with Gasteiger partial charge in [-0.25, -0.2) is 0 Å². The summed E-state index contributed by atoms with van der Waals surface area (Å²) >= 11 is 0. The Morgan fingerprint density at radius 1 is 0.717 bits per heavy atom. The molecule has 2 aromatic carbocycles. The van der Waals surface area contributed by atoms with Gasteiger partial charge in [-0.1, -0.05) is 85.0 Å². The molecule has 0 aromatic heterocycles. The van der Waals surface area contributed by atoms with Crippen molar-refractivity contribution in [1.29, 1.82) is 0 Å². The molecule has 0 saturated heterocycles. The highest BCUT2D eigenvalue weighted by molar-refractivity contribution is 5.75. The molecule has 4 rings (SSSR count). The summed E-state index contributed by atoms with van der Waals surface area (Å²) in [5.41, 5.74) is 0.361. The van der Waals surface area contributed by atoms with Crippen LogP contribution in [0.15, 0.2) is 103 Å². The third-order valence-corrected chi connectivity index (χ3v) is 11.0. The van der Waals surface area contributed by atoms with Crippen LogP contribution in [0.1, 0.15) is 95.6 Å². The molecule has 6 N–H and O–H groups in total. The largest absolute Gasteiger partial charge is 0.491 e. The first-order chi connectivity index (χ1) is 28.5. The molecular formula is C48H65F3O9. The molecule has 2 saturated carbocycles. The van der Waals surface area contributed by atoms with Crippen LogP contribution >= 0.6 is 0 Å². The number of ketones is 2. The predicted octanol–water partition coefficient (Wildman–Crippen LogP) is 7.66. The van der Waals surface area contributed by atoms with Gasteiger partial charge in [0.2, 0.25) is 0 Å². The number of carbonyl (C=O) groups is 2. The number of aliphatic hydroxyl groups excluding tert-OH is 6. The summed E-state index contributed by atoms with van der Waals surface area (Å²) < 4.78 is 43.6. The first kappa shape index (κ1) is 50.4. The predicted molar refractivity (Wildman–Crippen MR) is 226 cm³/mol. The van der Waals surface area contributed by atoms with E-state index in [-0.39, 0.29) is 54.0 Å². The van der Waals surface area contributed by atoms with Crippen LogP contribution in [0.5, 0.6) is 5.75 Å². The number of aliphatic hydroxyl groups is 6. The van der Waals surface area contributed by atoms with Gasteiger partial charge in [-0.05, 0) is 101 Å². The van der Waals surface area contributed by atoms with E-state index in [4.69, 9.17) is 4.74 Å². The second-order valence-corrected chi connectivity index (χ2v) is 16.1. The second-order valence-electron chi connectivity index (χ2n) is 16.1. The molecule has 10 atom stereocenters. The van der Waals surface area contributed by atoms with Gasteiger partial charge in [0.05, 0.1) is 36.1 Å². The van der Waals surface area contributed by atoms with Gasteiger partial charge >= 0.3 is 6.18 Å². The molecule has 0 heterocycles. The quantitative estimate of drug-likeness (QED) is 0.0516. The third kappa shape index (κ3) is 18.8. The molecule has 332 valence electrons. The zero-order valence-electron chi connectivity index (χ0n) is 34.8. The number of benzene rings is 2. The number of allylic oxidation sites excluding steroid dienone is 4. The average Bonchev–Trinajstić information content (AvgIpc) is 3.63. The maximum atomic E-state index is 12.8. The van der Waals surface area contributed by atoms with Gasteiger partial charge < -0.3 is 45.0 Å². The molecule has 9 nitrogen and oxygen atoms in total. The van der Waals surface area contributed by atoms with Crippen molar-refractivity contribution in [3.8, 4) is 5.75 Å². The first-order valence-electron chi connectivity index (χ1n) is 21.1. The van der Waals surface area contributed by atoms with Gasteiger partial charge in [0, 0.05) is 37.5 Å². The van der Waals surface area contributed by atoms with Crippen LogP contribution in [-0.4, -0.2) is 85.4 Å². The van der Waals surface area contributed by atoms with Gasteiger partial charge in [0.25, 0.3) is 0 Å². The molecule has 60 heavy (non-hydrogen) atoms. The first-order valence-corrected chi connectivity index (χ1v) is 21.1. The lowest BCUT2D eigenvalue weighted by Gasteiger charge is -2.19. The monoisotopic (exact) mass is 842 g/mol. The molecule has 2 fully saturated rings. The standard InChI is InChI=1S/C24H31F3O5.C24H34O4/c1-16(28)7-4-2-3-5-10-20-21(23(31)14-22(20)30)12-11-18(29)15-32-19-9-6-8-17(13-19)24(25,26)27;1-18(25)9-5-2-3-8-12-21-22(24(28)17-23(21)27)16-15-20(26)14-13-19-10-6-4-7-11-19/h3,5-6,8-9,11-13,18,20-23,29-31H,2,4,7,10,14-15H2,1H3;3-4,6-8,10-11,15-16,20-24,26-28H,2,5,9,12-14,17H2,1H3/b5-3-,12-11+;8-3-,16-15+/t18-,20-,21-,22+,23-;20-,21+,22+,23-,24+/m10/s1. The minimum Gasteiger partial charge on any atom is -0.491 e. The van der Waals surface area contributed by atoms with Crippen LogP contribution in [-0.2, 0) is 22.2 Å². The van der Waals surface area contributed by atoms with E-state index in [2.05, 4.69) is 6.08 Å². The highest BCUT2D eigenvalue weighted by Crippen LogP contribution is 2.38. The topological polar surface area (TPSA) is 165 Å². The van der Waals surface area contributed by atoms with Gasteiger partial charge in [0.15, 0.2) is 0 Å². The van der Waals surface area contributed by atoms with E-state index in [1.165, 1.54) is 23.8 Å². The van der Waals surface area contributed by atoms with Crippen molar-refractivity contribution < 1.29 is 58.1 Å². The Morgan fingerprint density at radius 2 is 1.23 bits per heavy atom. The molecule has 2 aromatic rings. The average molecular weight is 843 g/mol. The lowest BCUT2D eigenvalue weighted by atomic mass is 9.89. The van der Waals surface area contributed by atoms with Crippen molar-refractivity contribution in [2.75, 3.05) is 6.61 Å². The second kappa shape index (κ2) is 26.4. The van der Waals surface area contributed by atoms with Gasteiger partial charge in [-0.3, -0.25) is 0 Å². The number of hydrogen-bond acceptors (Lipinski definition) is 9. The molecule has 0 amide bonds. The number of hydrogen-bond donors (Lipinski definition) is 6. The summed E-state index contributed by atoms with van der Waals surface area (Å²) in [5.74, 6) is -0.430. The summed E-state index contributed by atoms with van der Waals surface area (Å²) in [5, 5.41) is 61.5. The van der Waals surface area contributed by atoms with E-state index in [0.717, 1.165) is 44.2 Å². The number of rotatable bonds is 22. The van der Waals surface area contributed by atoms with Gasteiger partial charge in [-0.15, -0.1) is 0 Å². The van der Waals surface area contributed by atoms with Crippen LogP contribution in [0.2, 0.25) is 0 Å². The Kier molecular flexibility index (Phi) is 22.2. The number of halogens is 3. The van der Waals surface area contributed by atoms with E-state index in [1.54, 1.807) is 26.0 Å². The maximum Gasteiger partial charge on any atom is 0.416 e. The SMILES string of the molecule is CC(=O)CCC/C=C\C[C@@H]1[C@@H](/C=C/[C@@H](O)CCc2ccccc2)[C@H](O)C[C@@H]1O.CC(=O)CCC/C=C\C[C@@H]1[C@@H](/C=C/[C@@H](O)COc2cccc(C(F)(F)F)c2)[C@H](O)C[C@@H]1O. The molecular weight excluding hydrogens is 778 g/mol. The molecule has 0 bridgehead atoms. The highest BCUT2D eigenvalue weighted by Gasteiger charge is 2.40. The molecule has 12 heteroatoms. The zero-order valence-corrected chi connectivity index (χ0v) is 34.8. The van der Waals surface area contributed by atoms with Crippen LogP contribution in [0.3, 0.4) is 0 Å². The molecule has 0 radical (unpaired) electrons. The van der Waals surface area contributed by atoms with E-state index in [0.29, 0.717) is 38.5 Å².